The predicted molar refractivity (Wildman–Crippen MR) is 209 cm³/mol. The number of nitrogens with zero attached hydrogens (tertiary/aromatic N) is 10. The normalized spacial score (nSPS) is 18.3. The first-order valence-electron chi connectivity index (χ1n) is 17.5. The lowest BCUT2D eigenvalue weighted by atomic mass is 10.00. The Balaban J connectivity index is 0.000000155. The fraction of sp³-hybridized carbons (Fsp3) is 0.278. The van der Waals surface area contributed by atoms with Crippen molar-refractivity contribution in [3.63, 3.8) is 0 Å². The number of pyridine rings is 1. The number of aryl methyl sites for hydroxylation is 1. The van der Waals surface area contributed by atoms with Crippen LogP contribution in [0.4, 0.5) is 22.2 Å². The molecule has 19 heteroatoms. The second-order valence-corrected chi connectivity index (χ2v) is 14.3. The highest BCUT2D eigenvalue weighted by Gasteiger charge is 2.51. The minimum absolute atomic E-state index is 0.275. The van der Waals surface area contributed by atoms with Crippen LogP contribution in [0.15, 0.2) is 78.1 Å². The van der Waals surface area contributed by atoms with E-state index >= 15 is 0 Å². The van der Waals surface area contributed by atoms with Crippen molar-refractivity contribution in [1.82, 2.24) is 60.1 Å². The van der Waals surface area contributed by atoms with Crippen LogP contribution in [0.2, 0.25) is 0 Å². The van der Waals surface area contributed by atoms with Crippen molar-refractivity contribution < 1.29 is 14.3 Å². The summed E-state index contributed by atoms with van der Waals surface area (Å²) in [5.74, 6) is 1.06. The Morgan fingerprint density at radius 3 is 2.55 bits per heavy atom. The van der Waals surface area contributed by atoms with Gasteiger partial charge in [0.05, 0.1) is 49.6 Å². The minimum atomic E-state index is -0.958. The van der Waals surface area contributed by atoms with E-state index in [9.17, 15) is 9.59 Å². The number of carbonyl (C=O) groups excluding carboxylic acids is 2. The van der Waals surface area contributed by atoms with Gasteiger partial charge in [-0.3, -0.25) is 29.8 Å². The van der Waals surface area contributed by atoms with Crippen LogP contribution in [0.25, 0.3) is 38.8 Å². The zero-order chi connectivity index (χ0) is 38.1. The lowest BCUT2D eigenvalue weighted by Gasteiger charge is -2.26. The maximum Gasteiger partial charge on any atom is 0.322 e. The van der Waals surface area contributed by atoms with E-state index in [1.165, 1.54) is 0 Å². The highest BCUT2D eigenvalue weighted by molar-refractivity contribution is 9.10. The van der Waals surface area contributed by atoms with Crippen LogP contribution in [0.5, 0.6) is 0 Å². The molecule has 1 spiro atoms. The van der Waals surface area contributed by atoms with Crippen LogP contribution in [-0.2, 0) is 23.1 Å². The van der Waals surface area contributed by atoms with Gasteiger partial charge in [0, 0.05) is 85.5 Å². The maximum atomic E-state index is 12.2. The van der Waals surface area contributed by atoms with Crippen LogP contribution in [0.1, 0.15) is 12.1 Å². The molecular weight excluding hydrogens is 770 g/mol. The highest BCUT2D eigenvalue weighted by atomic mass is 79.9. The quantitative estimate of drug-likeness (QED) is 0.158. The van der Waals surface area contributed by atoms with Gasteiger partial charge in [-0.15, -0.1) is 0 Å². The van der Waals surface area contributed by atoms with E-state index in [0.29, 0.717) is 29.1 Å². The first kappa shape index (κ1) is 35.8. The van der Waals surface area contributed by atoms with Crippen LogP contribution in [0.3, 0.4) is 0 Å². The molecule has 1 atom stereocenters. The second kappa shape index (κ2) is 14.9. The third kappa shape index (κ3) is 7.36. The number of nitrogens with two attached hydrogens (primary N) is 2. The number of H-pyrrole nitrogens is 1. The third-order valence-corrected chi connectivity index (χ3v) is 10.5. The van der Waals surface area contributed by atoms with E-state index in [0.717, 1.165) is 77.3 Å². The maximum absolute atomic E-state index is 12.2. The molecule has 282 valence electrons. The summed E-state index contributed by atoms with van der Waals surface area (Å²) in [6, 6.07) is 11.6. The van der Waals surface area contributed by atoms with Crippen LogP contribution < -0.4 is 27.0 Å². The monoisotopic (exact) mass is 807 g/mol. The molecule has 0 bridgehead atoms. The van der Waals surface area contributed by atoms with E-state index in [1.54, 1.807) is 27.8 Å². The molecule has 8 heterocycles. The molecule has 55 heavy (non-hydrogen) atoms. The van der Waals surface area contributed by atoms with Gasteiger partial charge in [0.2, 0.25) is 0 Å². The molecule has 1 aromatic carbocycles. The molecule has 3 fully saturated rings. The average Bonchev–Trinajstić information content (AvgIpc) is 3.98. The van der Waals surface area contributed by atoms with Crippen molar-refractivity contribution in [3.05, 3.63) is 83.7 Å². The standard InChI is InChI=1S/C20H20N6O.C16H18BrN9O2/c21-19-10-16(13-25-5-7-27-8-6-25)24-20-17(12-23-26(19)20)15-9-14-3-1-2-4-18(14)22-11-15;1-25-7-10(6-21-25)9-4-19-13(11(17)12(18)24-20-5-9)26-3-2-16(8-26)14(27)22-15(28)23-16/h1-4,9-12H,5-8,13,21H2;4-7,24H,2-3,8,18H2,1H3,(H2,22,23,27,28). The molecule has 0 saturated carbocycles. The van der Waals surface area contributed by atoms with Gasteiger partial charge in [-0.2, -0.15) is 19.8 Å². The number of imide groups is 1. The first-order valence-corrected chi connectivity index (χ1v) is 18.3. The number of benzene rings is 1. The second-order valence-electron chi connectivity index (χ2n) is 13.5. The van der Waals surface area contributed by atoms with Gasteiger partial charge in [0.15, 0.2) is 5.65 Å². The number of morpholine rings is 1. The van der Waals surface area contributed by atoms with Crippen LogP contribution >= 0.6 is 15.9 Å². The Hall–Kier alpha value is -6.18. The first-order chi connectivity index (χ1) is 26.7. The SMILES string of the molecule is Cn1cc(-c2cn[nH]c(N)c(Br)c(N3CCC4(C3)NC(=O)NC4=O)nc2)cn1.Nc1cc(CN2CCOCC2)nc2c(-c3cnc4ccccc4c3)cnn12. The zero-order valence-electron chi connectivity index (χ0n) is 29.8. The molecule has 5 aromatic heterocycles. The molecule has 3 aliphatic heterocycles. The summed E-state index contributed by atoms with van der Waals surface area (Å²) in [6.45, 7) is 4.90. The minimum Gasteiger partial charge on any atom is -0.384 e. The molecule has 3 aliphatic rings. The van der Waals surface area contributed by atoms with E-state index < -0.39 is 11.6 Å². The van der Waals surface area contributed by atoms with E-state index in [1.807, 2.05) is 54.8 Å². The Labute approximate surface area is 322 Å². The van der Waals surface area contributed by atoms with E-state index in [-0.39, 0.29) is 18.3 Å². The number of nitrogen functional groups attached to an aromatic ring is 2. The third-order valence-electron chi connectivity index (χ3n) is 9.71. The van der Waals surface area contributed by atoms with Gasteiger partial charge in [-0.05, 0) is 34.5 Å². The fourth-order valence-electron chi connectivity index (χ4n) is 6.84. The summed E-state index contributed by atoms with van der Waals surface area (Å²) < 4.78 is 9.30. The number of anilines is 3. The zero-order valence-corrected chi connectivity index (χ0v) is 31.4. The molecular formula is C36H38BrN15O3. The molecule has 3 amide bonds. The van der Waals surface area contributed by atoms with Crippen molar-refractivity contribution in [2.24, 2.45) is 7.05 Å². The highest BCUT2D eigenvalue weighted by Crippen LogP contribution is 2.34. The topological polar surface area (TPSA) is 228 Å². The van der Waals surface area contributed by atoms with Crippen molar-refractivity contribution in [3.8, 4) is 22.3 Å². The van der Waals surface area contributed by atoms with Crippen molar-refractivity contribution >= 4 is 61.9 Å². The molecule has 7 N–H and O–H groups in total. The number of amides is 3. The summed E-state index contributed by atoms with van der Waals surface area (Å²) in [6.07, 6.45) is 11.0. The number of aromatic amines is 1. The summed E-state index contributed by atoms with van der Waals surface area (Å²) in [7, 11) is 1.82. The predicted octanol–water partition coefficient (Wildman–Crippen LogP) is 2.82. The van der Waals surface area contributed by atoms with Crippen molar-refractivity contribution in [2.75, 3.05) is 55.8 Å². The number of urea groups is 1. The van der Waals surface area contributed by atoms with Gasteiger partial charge in [0.1, 0.15) is 27.5 Å². The number of aromatic nitrogens is 9. The Morgan fingerprint density at radius 1 is 0.945 bits per heavy atom. The number of halogens is 1. The number of rotatable bonds is 5. The number of hydrogen-bond donors (Lipinski definition) is 5. The Bertz CT molecular complexity index is 2470. The number of ether oxygens (including phenoxy) is 1. The molecule has 9 rings (SSSR count). The number of fused-ring (bicyclic) bond motifs is 2. The molecule has 0 radical (unpaired) electrons. The van der Waals surface area contributed by atoms with Crippen LogP contribution in [-0.4, -0.2) is 106 Å². The van der Waals surface area contributed by atoms with Gasteiger partial charge in [-0.25, -0.2) is 14.8 Å². The summed E-state index contributed by atoms with van der Waals surface area (Å²) in [4.78, 5) is 42.1. The van der Waals surface area contributed by atoms with Crippen molar-refractivity contribution in [2.45, 2.75) is 18.5 Å². The molecule has 0 aliphatic carbocycles. The lowest BCUT2D eigenvalue weighted by Crippen LogP contribution is -2.49. The smallest absolute Gasteiger partial charge is 0.322 e. The molecule has 3 saturated heterocycles. The number of hydrogen-bond acceptors (Lipinski definition) is 13. The molecule has 18 nitrogen and oxygen atoms in total. The van der Waals surface area contributed by atoms with E-state index in [2.05, 4.69) is 74.0 Å². The van der Waals surface area contributed by atoms with Crippen molar-refractivity contribution in [1.29, 1.82) is 0 Å². The summed E-state index contributed by atoms with van der Waals surface area (Å²) >= 11 is 3.47. The van der Waals surface area contributed by atoms with Crippen LogP contribution in [0, 0.1) is 0 Å². The van der Waals surface area contributed by atoms with Gasteiger partial charge < -0.3 is 26.4 Å². The Kier molecular flexibility index (Phi) is 9.72. The lowest BCUT2D eigenvalue weighted by molar-refractivity contribution is -0.123. The molecule has 6 aromatic rings. The number of carbonyl (C=O) groups is 2. The largest absolute Gasteiger partial charge is 0.384 e. The van der Waals surface area contributed by atoms with Gasteiger partial charge >= 0.3 is 6.03 Å². The summed E-state index contributed by atoms with van der Waals surface area (Å²) in [5, 5.41) is 21.6. The number of para-hydroxylation sites is 1. The van der Waals surface area contributed by atoms with Gasteiger partial charge in [-0.1, -0.05) is 18.2 Å². The average molecular weight is 809 g/mol. The fourth-order valence-corrected chi connectivity index (χ4v) is 7.28. The van der Waals surface area contributed by atoms with Gasteiger partial charge in [0.25, 0.3) is 5.91 Å². The molecule has 1 unspecified atom stereocenters. The number of nitrogens with one attached hydrogen (secondary N) is 3. The summed E-state index contributed by atoms with van der Waals surface area (Å²) in [5.41, 5.74) is 17.5. The van der Waals surface area contributed by atoms with E-state index in [4.69, 9.17) is 21.2 Å². The Morgan fingerprint density at radius 2 is 1.76 bits per heavy atom.